The minimum absolute atomic E-state index is 0.446. The molecule has 1 aliphatic carbocycles. The number of nitrogens with one attached hydrogen (secondary N) is 1. The quantitative estimate of drug-likeness (QED) is 0.753. The van der Waals surface area contributed by atoms with Crippen molar-refractivity contribution in [3.05, 3.63) is 11.3 Å². The Morgan fingerprint density at radius 2 is 2.11 bits per heavy atom. The normalized spacial score (nSPS) is 29.7. The highest BCUT2D eigenvalue weighted by molar-refractivity contribution is 5.55. The molecule has 5 heteroatoms. The SMILES string of the molecule is Nc1nc2c(c(N3C[C@@H]4C[C@H]3CN4)n1)CCCC2. The second-order valence-electron chi connectivity index (χ2n) is 5.68. The lowest BCUT2D eigenvalue weighted by molar-refractivity contribution is 0.570. The first-order valence-electron chi connectivity index (χ1n) is 6.96. The van der Waals surface area contributed by atoms with Crippen molar-refractivity contribution >= 4 is 11.8 Å². The first kappa shape index (κ1) is 10.6. The smallest absolute Gasteiger partial charge is 0.222 e. The van der Waals surface area contributed by atoms with E-state index in [2.05, 4.69) is 20.2 Å². The monoisotopic (exact) mass is 245 g/mol. The average Bonchev–Trinajstić information content (AvgIpc) is 3.00. The molecule has 3 aliphatic rings. The molecule has 2 atom stereocenters. The van der Waals surface area contributed by atoms with E-state index >= 15 is 0 Å². The third kappa shape index (κ3) is 1.50. The molecule has 1 aromatic rings. The summed E-state index contributed by atoms with van der Waals surface area (Å²) in [6, 6.07) is 1.25. The minimum Gasteiger partial charge on any atom is -0.368 e. The third-order valence-corrected chi connectivity index (χ3v) is 4.51. The molecule has 0 spiro atoms. The first-order valence-corrected chi connectivity index (χ1v) is 6.96. The van der Waals surface area contributed by atoms with Crippen LogP contribution in [0.1, 0.15) is 30.5 Å². The zero-order valence-electron chi connectivity index (χ0n) is 10.5. The lowest BCUT2D eigenvalue weighted by atomic mass is 9.96. The molecule has 18 heavy (non-hydrogen) atoms. The summed E-state index contributed by atoms with van der Waals surface area (Å²) >= 11 is 0. The molecule has 0 saturated carbocycles. The van der Waals surface area contributed by atoms with Crippen LogP contribution in [0, 0.1) is 0 Å². The molecule has 0 aromatic carbocycles. The molecule has 3 heterocycles. The van der Waals surface area contributed by atoms with Gasteiger partial charge in [-0.3, -0.25) is 0 Å². The van der Waals surface area contributed by atoms with Crippen LogP contribution in [0.25, 0.3) is 0 Å². The zero-order valence-corrected chi connectivity index (χ0v) is 10.5. The van der Waals surface area contributed by atoms with E-state index in [0.29, 0.717) is 18.0 Å². The number of anilines is 2. The van der Waals surface area contributed by atoms with Crippen LogP contribution in [0.5, 0.6) is 0 Å². The van der Waals surface area contributed by atoms with Crippen molar-refractivity contribution < 1.29 is 0 Å². The standard InChI is InChI=1S/C13H19N5/c14-13-16-11-4-2-1-3-10(11)12(17-13)18-7-8-5-9(18)6-15-8/h8-9,15H,1-7H2,(H2,14,16,17)/t8-,9-/m0/s1. The fourth-order valence-electron chi connectivity index (χ4n) is 3.65. The van der Waals surface area contributed by atoms with E-state index in [1.165, 1.54) is 30.5 Å². The fourth-order valence-corrected chi connectivity index (χ4v) is 3.65. The Morgan fingerprint density at radius 3 is 2.89 bits per heavy atom. The number of piperazine rings is 1. The largest absolute Gasteiger partial charge is 0.368 e. The van der Waals surface area contributed by atoms with Gasteiger partial charge in [0.1, 0.15) is 5.82 Å². The third-order valence-electron chi connectivity index (χ3n) is 4.51. The number of nitrogens with two attached hydrogens (primary N) is 1. The highest BCUT2D eigenvalue weighted by Crippen LogP contribution is 2.34. The van der Waals surface area contributed by atoms with Crippen LogP contribution in [0.2, 0.25) is 0 Å². The summed E-state index contributed by atoms with van der Waals surface area (Å²) in [6.07, 6.45) is 5.92. The van der Waals surface area contributed by atoms with Crippen molar-refractivity contribution in [2.24, 2.45) is 0 Å². The van der Waals surface area contributed by atoms with Gasteiger partial charge < -0.3 is 16.0 Å². The Balaban J connectivity index is 1.77. The lowest BCUT2D eigenvalue weighted by Gasteiger charge is -2.31. The van der Waals surface area contributed by atoms with E-state index < -0.39 is 0 Å². The van der Waals surface area contributed by atoms with Gasteiger partial charge in [0.2, 0.25) is 5.95 Å². The molecular weight excluding hydrogens is 226 g/mol. The van der Waals surface area contributed by atoms with Gasteiger partial charge in [-0.05, 0) is 32.1 Å². The summed E-state index contributed by atoms with van der Waals surface area (Å²) in [5.41, 5.74) is 8.44. The Kier molecular flexibility index (Phi) is 2.24. The van der Waals surface area contributed by atoms with E-state index in [9.17, 15) is 0 Å². The second kappa shape index (κ2) is 3.82. The van der Waals surface area contributed by atoms with E-state index in [1.54, 1.807) is 0 Å². The lowest BCUT2D eigenvalue weighted by Crippen LogP contribution is -2.44. The van der Waals surface area contributed by atoms with Crippen LogP contribution in [0.3, 0.4) is 0 Å². The predicted octanol–water partition coefficient (Wildman–Crippen LogP) is 0.488. The summed E-state index contributed by atoms with van der Waals surface area (Å²) in [5.74, 6) is 1.58. The Labute approximate surface area is 107 Å². The maximum Gasteiger partial charge on any atom is 0.222 e. The molecule has 0 radical (unpaired) electrons. The molecule has 2 saturated heterocycles. The number of aromatic nitrogens is 2. The van der Waals surface area contributed by atoms with E-state index in [-0.39, 0.29) is 0 Å². The van der Waals surface area contributed by atoms with Gasteiger partial charge in [0.05, 0.1) is 5.69 Å². The van der Waals surface area contributed by atoms with Crippen molar-refractivity contribution in [2.75, 3.05) is 23.7 Å². The van der Waals surface area contributed by atoms with E-state index in [0.717, 1.165) is 31.7 Å². The van der Waals surface area contributed by atoms with Gasteiger partial charge in [-0.1, -0.05) is 0 Å². The number of hydrogen-bond acceptors (Lipinski definition) is 5. The summed E-state index contributed by atoms with van der Waals surface area (Å²) in [5, 5.41) is 3.53. The van der Waals surface area contributed by atoms with E-state index in [1.807, 2.05) is 0 Å². The Morgan fingerprint density at radius 1 is 1.22 bits per heavy atom. The van der Waals surface area contributed by atoms with Crippen LogP contribution in [-0.2, 0) is 12.8 Å². The Hall–Kier alpha value is -1.36. The van der Waals surface area contributed by atoms with Gasteiger partial charge in [0.25, 0.3) is 0 Å². The second-order valence-corrected chi connectivity index (χ2v) is 5.68. The number of fused-ring (bicyclic) bond motifs is 3. The topological polar surface area (TPSA) is 67.1 Å². The molecule has 3 N–H and O–H groups in total. The molecule has 96 valence electrons. The molecule has 0 amide bonds. The average molecular weight is 245 g/mol. The van der Waals surface area contributed by atoms with Crippen LogP contribution in [0.4, 0.5) is 11.8 Å². The van der Waals surface area contributed by atoms with Crippen LogP contribution in [0.15, 0.2) is 0 Å². The van der Waals surface area contributed by atoms with Crippen molar-refractivity contribution in [1.82, 2.24) is 15.3 Å². The molecule has 4 rings (SSSR count). The van der Waals surface area contributed by atoms with Gasteiger partial charge in [0, 0.05) is 30.7 Å². The Bertz CT molecular complexity index is 487. The number of nitrogens with zero attached hydrogens (tertiary/aromatic N) is 3. The van der Waals surface area contributed by atoms with Gasteiger partial charge in [0.15, 0.2) is 0 Å². The maximum atomic E-state index is 5.88. The highest BCUT2D eigenvalue weighted by atomic mass is 15.3. The maximum absolute atomic E-state index is 5.88. The molecule has 2 bridgehead atoms. The fraction of sp³-hybridized carbons (Fsp3) is 0.692. The minimum atomic E-state index is 0.446. The van der Waals surface area contributed by atoms with Crippen molar-refractivity contribution in [2.45, 2.75) is 44.2 Å². The van der Waals surface area contributed by atoms with Gasteiger partial charge >= 0.3 is 0 Å². The summed E-state index contributed by atoms with van der Waals surface area (Å²) in [4.78, 5) is 11.4. The van der Waals surface area contributed by atoms with Crippen LogP contribution >= 0.6 is 0 Å². The number of rotatable bonds is 1. The van der Waals surface area contributed by atoms with Crippen LogP contribution in [-0.4, -0.2) is 35.1 Å². The van der Waals surface area contributed by atoms with Crippen molar-refractivity contribution in [1.29, 1.82) is 0 Å². The summed E-state index contributed by atoms with van der Waals surface area (Å²) < 4.78 is 0. The van der Waals surface area contributed by atoms with E-state index in [4.69, 9.17) is 5.73 Å². The molecule has 0 unspecified atom stereocenters. The van der Waals surface area contributed by atoms with Crippen LogP contribution < -0.4 is 16.0 Å². The van der Waals surface area contributed by atoms with Gasteiger partial charge in [-0.25, -0.2) is 4.98 Å². The van der Waals surface area contributed by atoms with Crippen molar-refractivity contribution in [3.63, 3.8) is 0 Å². The van der Waals surface area contributed by atoms with Crippen molar-refractivity contribution in [3.8, 4) is 0 Å². The molecule has 5 nitrogen and oxygen atoms in total. The number of hydrogen-bond donors (Lipinski definition) is 2. The van der Waals surface area contributed by atoms with Gasteiger partial charge in [-0.15, -0.1) is 0 Å². The molecular formula is C13H19N5. The number of nitrogen functional groups attached to an aromatic ring is 1. The first-order chi connectivity index (χ1) is 8.81. The predicted molar refractivity (Wildman–Crippen MR) is 70.6 cm³/mol. The molecule has 2 fully saturated rings. The zero-order chi connectivity index (χ0) is 12.1. The summed E-state index contributed by atoms with van der Waals surface area (Å²) in [7, 11) is 0. The highest BCUT2D eigenvalue weighted by Gasteiger charge is 2.39. The molecule has 2 aliphatic heterocycles. The number of aryl methyl sites for hydroxylation is 1. The summed E-state index contributed by atoms with van der Waals surface area (Å²) in [6.45, 7) is 2.16. The molecule has 1 aromatic heterocycles. The van der Waals surface area contributed by atoms with Gasteiger partial charge in [-0.2, -0.15) is 4.98 Å².